The third-order valence-corrected chi connectivity index (χ3v) is 5.16. The lowest BCUT2D eigenvalue weighted by Gasteiger charge is -2.22. The van der Waals surface area contributed by atoms with Crippen molar-refractivity contribution in [2.45, 2.75) is 20.4 Å². The van der Waals surface area contributed by atoms with Crippen molar-refractivity contribution in [3.05, 3.63) is 65.4 Å². The van der Waals surface area contributed by atoms with E-state index in [2.05, 4.69) is 5.32 Å². The van der Waals surface area contributed by atoms with Gasteiger partial charge in [0.15, 0.2) is 0 Å². The lowest BCUT2D eigenvalue weighted by Crippen LogP contribution is -2.33. The van der Waals surface area contributed by atoms with Crippen molar-refractivity contribution in [1.29, 1.82) is 0 Å². The first kappa shape index (κ1) is 22.2. The molecule has 1 amide bonds. The first-order valence-corrected chi connectivity index (χ1v) is 10.1. The Morgan fingerprint density at radius 2 is 1.87 bits per heavy atom. The van der Waals surface area contributed by atoms with Gasteiger partial charge in [0, 0.05) is 23.7 Å². The van der Waals surface area contributed by atoms with E-state index >= 15 is 0 Å². The van der Waals surface area contributed by atoms with Gasteiger partial charge in [0.05, 0.1) is 37.5 Å². The maximum absolute atomic E-state index is 12.6. The van der Waals surface area contributed by atoms with E-state index in [0.717, 1.165) is 16.5 Å². The Labute approximate surface area is 182 Å². The van der Waals surface area contributed by atoms with E-state index in [1.807, 2.05) is 55.1 Å². The highest BCUT2D eigenvalue weighted by Gasteiger charge is 2.21. The van der Waals surface area contributed by atoms with Crippen LogP contribution in [0.4, 0.5) is 5.69 Å². The van der Waals surface area contributed by atoms with Crippen molar-refractivity contribution in [2.75, 3.05) is 32.6 Å². The van der Waals surface area contributed by atoms with E-state index in [0.29, 0.717) is 35.8 Å². The van der Waals surface area contributed by atoms with Gasteiger partial charge in [-0.25, -0.2) is 4.79 Å². The molecule has 162 valence electrons. The SMILES string of the molecule is CCN(CC(=O)Nc1cccc(OC)c1)Cc1nc2ccccc2c(C)c1C(=O)OC. The van der Waals surface area contributed by atoms with E-state index in [1.54, 1.807) is 19.2 Å². The standard InChI is InChI=1S/C24H27N3O4/c1-5-27(15-22(28)25-17-9-8-10-18(13-17)30-3)14-21-23(24(29)31-4)16(2)19-11-6-7-12-20(19)26-21/h6-13H,5,14-15H2,1-4H3,(H,25,28). The molecular weight excluding hydrogens is 394 g/mol. The molecule has 7 nitrogen and oxygen atoms in total. The molecule has 3 aromatic rings. The van der Waals surface area contributed by atoms with Gasteiger partial charge in [0.1, 0.15) is 5.75 Å². The first-order chi connectivity index (χ1) is 15.0. The number of carbonyl (C=O) groups is 2. The quantitative estimate of drug-likeness (QED) is 0.557. The van der Waals surface area contributed by atoms with Crippen LogP contribution < -0.4 is 10.1 Å². The zero-order valence-corrected chi connectivity index (χ0v) is 18.3. The molecule has 0 unspecified atom stereocenters. The minimum absolute atomic E-state index is 0.155. The van der Waals surface area contributed by atoms with Gasteiger partial charge in [-0.15, -0.1) is 0 Å². The van der Waals surface area contributed by atoms with Crippen molar-refractivity contribution < 1.29 is 19.1 Å². The summed E-state index contributed by atoms with van der Waals surface area (Å²) in [6, 6.07) is 14.9. The third-order valence-electron chi connectivity index (χ3n) is 5.16. The van der Waals surface area contributed by atoms with Gasteiger partial charge >= 0.3 is 5.97 Å². The number of aromatic nitrogens is 1. The summed E-state index contributed by atoms with van der Waals surface area (Å²) >= 11 is 0. The van der Waals surface area contributed by atoms with Crippen molar-refractivity contribution in [3.8, 4) is 5.75 Å². The average Bonchev–Trinajstić information content (AvgIpc) is 2.78. The number of esters is 1. The van der Waals surface area contributed by atoms with Crippen LogP contribution >= 0.6 is 0 Å². The Morgan fingerprint density at radius 1 is 1.10 bits per heavy atom. The zero-order valence-electron chi connectivity index (χ0n) is 18.3. The van der Waals surface area contributed by atoms with Crippen molar-refractivity contribution in [2.24, 2.45) is 0 Å². The lowest BCUT2D eigenvalue weighted by molar-refractivity contribution is -0.117. The number of nitrogens with zero attached hydrogens (tertiary/aromatic N) is 2. The molecule has 0 atom stereocenters. The van der Waals surface area contributed by atoms with Crippen LogP contribution in [0.5, 0.6) is 5.75 Å². The Hall–Kier alpha value is -3.45. The predicted octanol–water partition coefficient (Wildman–Crippen LogP) is 3.80. The van der Waals surface area contributed by atoms with Gasteiger partial charge < -0.3 is 14.8 Å². The molecule has 0 bridgehead atoms. The lowest BCUT2D eigenvalue weighted by atomic mass is 10.0. The number of rotatable bonds is 8. The minimum Gasteiger partial charge on any atom is -0.497 e. The Balaban J connectivity index is 1.83. The maximum atomic E-state index is 12.6. The van der Waals surface area contributed by atoms with Crippen LogP contribution in [-0.4, -0.2) is 49.1 Å². The fourth-order valence-electron chi connectivity index (χ4n) is 3.52. The second-order valence-electron chi connectivity index (χ2n) is 7.15. The number of hydrogen-bond donors (Lipinski definition) is 1. The number of amides is 1. The van der Waals surface area contributed by atoms with Gasteiger partial charge in [-0.2, -0.15) is 0 Å². The summed E-state index contributed by atoms with van der Waals surface area (Å²) in [6.07, 6.45) is 0. The number of para-hydroxylation sites is 1. The highest BCUT2D eigenvalue weighted by atomic mass is 16.5. The summed E-state index contributed by atoms with van der Waals surface area (Å²) in [5, 5.41) is 3.79. The van der Waals surface area contributed by atoms with Gasteiger partial charge in [-0.3, -0.25) is 14.7 Å². The molecule has 0 aliphatic rings. The van der Waals surface area contributed by atoms with E-state index in [-0.39, 0.29) is 12.5 Å². The molecule has 1 heterocycles. The van der Waals surface area contributed by atoms with Crippen LogP contribution in [0.2, 0.25) is 0 Å². The fraction of sp³-hybridized carbons (Fsp3) is 0.292. The maximum Gasteiger partial charge on any atom is 0.340 e. The smallest absolute Gasteiger partial charge is 0.340 e. The largest absolute Gasteiger partial charge is 0.497 e. The molecule has 7 heteroatoms. The number of fused-ring (bicyclic) bond motifs is 1. The molecule has 0 saturated heterocycles. The summed E-state index contributed by atoms with van der Waals surface area (Å²) in [7, 11) is 2.94. The molecule has 0 saturated carbocycles. The summed E-state index contributed by atoms with van der Waals surface area (Å²) in [4.78, 5) is 31.8. The molecule has 1 aromatic heterocycles. The number of methoxy groups -OCH3 is 2. The predicted molar refractivity (Wildman–Crippen MR) is 120 cm³/mol. The number of nitrogens with one attached hydrogen (secondary N) is 1. The van der Waals surface area contributed by atoms with Gasteiger partial charge in [-0.1, -0.05) is 31.2 Å². The van der Waals surface area contributed by atoms with E-state index in [9.17, 15) is 9.59 Å². The summed E-state index contributed by atoms with van der Waals surface area (Å²) in [5.41, 5.74) is 3.34. The van der Waals surface area contributed by atoms with E-state index in [1.165, 1.54) is 7.11 Å². The number of pyridine rings is 1. The number of likely N-dealkylation sites (N-methyl/N-ethyl adjacent to an activating group) is 1. The highest BCUT2D eigenvalue weighted by Crippen LogP contribution is 2.24. The van der Waals surface area contributed by atoms with Crippen molar-refractivity contribution in [1.82, 2.24) is 9.88 Å². The summed E-state index contributed by atoms with van der Waals surface area (Å²) in [6.45, 7) is 4.97. The Morgan fingerprint density at radius 3 is 2.58 bits per heavy atom. The number of benzene rings is 2. The second-order valence-corrected chi connectivity index (χ2v) is 7.15. The molecule has 0 radical (unpaired) electrons. The molecule has 31 heavy (non-hydrogen) atoms. The van der Waals surface area contributed by atoms with Crippen molar-refractivity contribution in [3.63, 3.8) is 0 Å². The van der Waals surface area contributed by atoms with Gasteiger partial charge in [0.25, 0.3) is 0 Å². The van der Waals surface area contributed by atoms with Crippen molar-refractivity contribution >= 4 is 28.5 Å². The fourth-order valence-corrected chi connectivity index (χ4v) is 3.52. The zero-order chi connectivity index (χ0) is 22.4. The monoisotopic (exact) mass is 421 g/mol. The number of ether oxygens (including phenoxy) is 2. The number of carbonyl (C=O) groups excluding carboxylic acids is 2. The van der Waals surface area contributed by atoms with Crippen LogP contribution in [0.3, 0.4) is 0 Å². The second kappa shape index (κ2) is 10.0. The van der Waals surface area contributed by atoms with Crippen LogP contribution in [0.1, 0.15) is 28.5 Å². The van der Waals surface area contributed by atoms with E-state index in [4.69, 9.17) is 14.5 Å². The highest BCUT2D eigenvalue weighted by molar-refractivity contribution is 5.98. The number of anilines is 1. The minimum atomic E-state index is -0.428. The van der Waals surface area contributed by atoms with Crippen LogP contribution in [0, 0.1) is 6.92 Å². The van der Waals surface area contributed by atoms with E-state index < -0.39 is 5.97 Å². The van der Waals surface area contributed by atoms with Crippen LogP contribution in [0.25, 0.3) is 10.9 Å². The van der Waals surface area contributed by atoms with Crippen LogP contribution in [-0.2, 0) is 16.1 Å². The summed E-state index contributed by atoms with van der Waals surface area (Å²) in [5.74, 6) is 0.0820. The topological polar surface area (TPSA) is 80.8 Å². The third kappa shape index (κ3) is 5.19. The molecule has 0 aliphatic heterocycles. The van der Waals surface area contributed by atoms with Gasteiger partial charge in [-0.05, 0) is 37.2 Å². The molecule has 0 aliphatic carbocycles. The van der Waals surface area contributed by atoms with Gasteiger partial charge in [0.2, 0.25) is 5.91 Å². The Bertz CT molecular complexity index is 1100. The normalized spacial score (nSPS) is 10.9. The van der Waals surface area contributed by atoms with Crippen LogP contribution in [0.15, 0.2) is 48.5 Å². The molecule has 0 spiro atoms. The summed E-state index contributed by atoms with van der Waals surface area (Å²) < 4.78 is 10.2. The molecule has 1 N–H and O–H groups in total. The average molecular weight is 421 g/mol. The molecule has 0 fully saturated rings. The Kier molecular flexibility index (Phi) is 7.20. The number of aryl methyl sites for hydroxylation is 1. The first-order valence-electron chi connectivity index (χ1n) is 10.1. The molecular formula is C24H27N3O4. The molecule has 2 aromatic carbocycles. The number of hydrogen-bond acceptors (Lipinski definition) is 6. The molecule has 3 rings (SSSR count).